The molecule has 1 heterocycles. The van der Waals surface area contributed by atoms with Crippen LogP contribution in [0.3, 0.4) is 0 Å². The third-order valence-corrected chi connectivity index (χ3v) is 5.75. The Hall–Kier alpha value is -3.13. The Balaban J connectivity index is 2.02. The molecule has 1 aliphatic heterocycles. The standard InChI is InChI=1S/C20H21N3O4S/c1-4-14-9-5-7-11-16(14)21-20(24)18-13-17(22-28(25,26)23(18)2)15-10-6-8-12-19(15)27-3/h5-13H,4H2,1-3H3,(H,21,24). The van der Waals surface area contributed by atoms with E-state index < -0.39 is 16.1 Å². The number of hydrogen-bond acceptors (Lipinski definition) is 4. The van der Waals surface area contributed by atoms with E-state index in [1.807, 2.05) is 25.1 Å². The molecule has 0 atom stereocenters. The second kappa shape index (κ2) is 7.85. The van der Waals surface area contributed by atoms with Gasteiger partial charge in [0.05, 0.1) is 12.8 Å². The number of carbonyl (C=O) groups excluding carboxylic acids is 1. The first-order valence-electron chi connectivity index (χ1n) is 8.70. The van der Waals surface area contributed by atoms with Crippen LogP contribution in [0.2, 0.25) is 0 Å². The summed E-state index contributed by atoms with van der Waals surface area (Å²) in [5, 5.41) is 2.80. The SMILES string of the molecule is CCc1ccccc1NC(=O)C1=CC(c2ccccc2OC)=NS(=O)(=O)N1C. The van der Waals surface area contributed by atoms with E-state index in [0.29, 0.717) is 17.0 Å². The lowest BCUT2D eigenvalue weighted by Gasteiger charge is -2.24. The van der Waals surface area contributed by atoms with Crippen LogP contribution in [0.5, 0.6) is 5.75 Å². The molecule has 0 saturated carbocycles. The van der Waals surface area contributed by atoms with Gasteiger partial charge in [0.1, 0.15) is 11.4 Å². The molecule has 3 rings (SSSR count). The van der Waals surface area contributed by atoms with Gasteiger partial charge in [-0.1, -0.05) is 37.3 Å². The number of nitrogens with zero attached hydrogens (tertiary/aromatic N) is 2. The van der Waals surface area contributed by atoms with E-state index in [9.17, 15) is 13.2 Å². The summed E-state index contributed by atoms with van der Waals surface area (Å²) in [5.41, 5.74) is 2.20. The second-order valence-corrected chi connectivity index (χ2v) is 7.74. The lowest BCUT2D eigenvalue weighted by Crippen LogP contribution is -2.35. The molecule has 146 valence electrons. The molecule has 28 heavy (non-hydrogen) atoms. The number of likely N-dealkylation sites (N-methyl/N-ethyl adjacent to an activating group) is 1. The maximum absolute atomic E-state index is 12.9. The maximum atomic E-state index is 12.9. The highest BCUT2D eigenvalue weighted by atomic mass is 32.2. The van der Waals surface area contributed by atoms with Gasteiger partial charge in [0.25, 0.3) is 5.91 Å². The lowest BCUT2D eigenvalue weighted by molar-refractivity contribution is -0.113. The third kappa shape index (κ3) is 3.77. The van der Waals surface area contributed by atoms with Gasteiger partial charge in [-0.05, 0) is 36.3 Å². The highest BCUT2D eigenvalue weighted by Crippen LogP contribution is 2.26. The number of nitrogens with one attached hydrogen (secondary N) is 1. The number of allylic oxidation sites excluding steroid dienone is 1. The first-order valence-corrected chi connectivity index (χ1v) is 10.1. The first-order chi connectivity index (χ1) is 13.4. The molecule has 2 aromatic carbocycles. The second-order valence-electron chi connectivity index (χ2n) is 6.12. The number of hydrogen-bond donors (Lipinski definition) is 1. The van der Waals surface area contributed by atoms with Crippen molar-refractivity contribution in [2.75, 3.05) is 19.5 Å². The van der Waals surface area contributed by atoms with Crippen molar-refractivity contribution in [2.24, 2.45) is 4.40 Å². The predicted molar refractivity (Wildman–Crippen MR) is 109 cm³/mol. The molecule has 0 radical (unpaired) electrons. The van der Waals surface area contributed by atoms with Crippen LogP contribution in [0.4, 0.5) is 5.69 Å². The maximum Gasteiger partial charge on any atom is 0.345 e. The van der Waals surface area contributed by atoms with Crippen LogP contribution in [0.25, 0.3) is 0 Å². The molecular formula is C20H21N3O4S. The normalized spacial score (nSPS) is 15.5. The molecule has 2 aromatic rings. The van der Waals surface area contributed by atoms with E-state index >= 15 is 0 Å². The van der Waals surface area contributed by atoms with Crippen LogP contribution in [0.15, 0.2) is 64.7 Å². The van der Waals surface area contributed by atoms with Crippen molar-refractivity contribution >= 4 is 27.5 Å². The number of anilines is 1. The fourth-order valence-corrected chi connectivity index (χ4v) is 3.79. The summed E-state index contributed by atoms with van der Waals surface area (Å²) in [6.45, 7) is 1.98. The van der Waals surface area contributed by atoms with E-state index in [4.69, 9.17) is 4.74 Å². The van der Waals surface area contributed by atoms with Crippen molar-refractivity contribution in [1.82, 2.24) is 4.31 Å². The number of benzene rings is 2. The van der Waals surface area contributed by atoms with Crippen molar-refractivity contribution in [3.8, 4) is 5.75 Å². The molecule has 0 aromatic heterocycles. The summed E-state index contributed by atoms with van der Waals surface area (Å²) < 4.78 is 35.1. The lowest BCUT2D eigenvalue weighted by atomic mass is 10.1. The van der Waals surface area contributed by atoms with Gasteiger partial charge in [0, 0.05) is 18.3 Å². The average Bonchev–Trinajstić information content (AvgIpc) is 2.70. The minimum absolute atomic E-state index is 0.0261. The summed E-state index contributed by atoms with van der Waals surface area (Å²) in [4.78, 5) is 12.9. The van der Waals surface area contributed by atoms with Crippen LogP contribution in [0.1, 0.15) is 18.1 Å². The van der Waals surface area contributed by atoms with Crippen molar-refractivity contribution in [3.05, 3.63) is 71.4 Å². The number of para-hydroxylation sites is 2. The Labute approximate surface area is 164 Å². The van der Waals surface area contributed by atoms with Crippen LogP contribution in [0, 0.1) is 0 Å². The van der Waals surface area contributed by atoms with Crippen LogP contribution in [-0.4, -0.2) is 38.5 Å². The Bertz CT molecular complexity index is 1070. The Morgan fingerprint density at radius 2 is 1.82 bits per heavy atom. The van der Waals surface area contributed by atoms with Crippen molar-refractivity contribution in [3.63, 3.8) is 0 Å². The molecule has 0 unspecified atom stereocenters. The number of ether oxygens (including phenoxy) is 1. The predicted octanol–water partition coefficient (Wildman–Crippen LogP) is 2.76. The van der Waals surface area contributed by atoms with Crippen LogP contribution >= 0.6 is 0 Å². The molecule has 0 aliphatic carbocycles. The van der Waals surface area contributed by atoms with E-state index in [0.717, 1.165) is 16.3 Å². The quantitative estimate of drug-likeness (QED) is 0.837. The summed E-state index contributed by atoms with van der Waals surface area (Å²) in [7, 11) is -1.26. The zero-order valence-corrected chi connectivity index (χ0v) is 16.7. The van der Waals surface area contributed by atoms with Crippen LogP contribution in [-0.2, 0) is 21.4 Å². The topological polar surface area (TPSA) is 88.1 Å². The smallest absolute Gasteiger partial charge is 0.345 e. The van der Waals surface area contributed by atoms with Crippen molar-refractivity contribution < 1.29 is 17.9 Å². The summed E-state index contributed by atoms with van der Waals surface area (Å²) >= 11 is 0. The summed E-state index contributed by atoms with van der Waals surface area (Å²) in [6.07, 6.45) is 2.18. The molecule has 1 aliphatic rings. The number of amides is 1. The van der Waals surface area contributed by atoms with E-state index in [1.54, 1.807) is 30.3 Å². The molecule has 0 fully saturated rings. The number of methoxy groups -OCH3 is 1. The molecule has 8 heteroatoms. The molecule has 0 spiro atoms. The molecule has 0 bridgehead atoms. The van der Waals surface area contributed by atoms with Crippen LogP contribution < -0.4 is 10.1 Å². The summed E-state index contributed by atoms with van der Waals surface area (Å²) in [5.74, 6) is -0.0670. The van der Waals surface area contributed by atoms with Gasteiger partial charge >= 0.3 is 10.2 Å². The zero-order chi connectivity index (χ0) is 20.3. The van der Waals surface area contributed by atoms with Gasteiger partial charge in [-0.3, -0.25) is 4.79 Å². The first kappa shape index (κ1) is 19.6. The Morgan fingerprint density at radius 3 is 2.54 bits per heavy atom. The summed E-state index contributed by atoms with van der Waals surface area (Å²) in [6, 6.07) is 14.3. The van der Waals surface area contributed by atoms with Gasteiger partial charge < -0.3 is 10.1 Å². The minimum atomic E-state index is -4.05. The van der Waals surface area contributed by atoms with Gasteiger partial charge in [0.2, 0.25) is 0 Å². The van der Waals surface area contributed by atoms with Crippen molar-refractivity contribution in [2.45, 2.75) is 13.3 Å². The van der Waals surface area contributed by atoms with E-state index in [-0.39, 0.29) is 11.4 Å². The molecule has 1 amide bonds. The monoisotopic (exact) mass is 399 g/mol. The number of rotatable bonds is 5. The molecule has 0 saturated heterocycles. The van der Waals surface area contributed by atoms with E-state index in [2.05, 4.69) is 9.71 Å². The molecule has 1 N–H and O–H groups in total. The average molecular weight is 399 g/mol. The van der Waals surface area contributed by atoms with Gasteiger partial charge in [-0.2, -0.15) is 8.42 Å². The fourth-order valence-electron chi connectivity index (χ4n) is 2.89. The molecular weight excluding hydrogens is 378 g/mol. The van der Waals surface area contributed by atoms with Gasteiger partial charge in [-0.15, -0.1) is 4.40 Å². The number of aryl methyl sites for hydroxylation is 1. The van der Waals surface area contributed by atoms with Gasteiger partial charge in [0.15, 0.2) is 0 Å². The fraction of sp³-hybridized carbons (Fsp3) is 0.200. The highest BCUT2D eigenvalue weighted by molar-refractivity contribution is 7.88. The molecule has 7 nitrogen and oxygen atoms in total. The highest BCUT2D eigenvalue weighted by Gasteiger charge is 2.31. The van der Waals surface area contributed by atoms with Crippen molar-refractivity contribution in [1.29, 1.82) is 0 Å². The minimum Gasteiger partial charge on any atom is -0.496 e. The van der Waals surface area contributed by atoms with Gasteiger partial charge in [-0.25, -0.2) is 4.31 Å². The van der Waals surface area contributed by atoms with E-state index in [1.165, 1.54) is 20.2 Å². The Morgan fingerprint density at radius 1 is 1.14 bits per heavy atom. The number of carbonyl (C=O) groups is 1. The third-order valence-electron chi connectivity index (χ3n) is 4.43. The largest absolute Gasteiger partial charge is 0.496 e. The Kier molecular flexibility index (Phi) is 5.51. The zero-order valence-electron chi connectivity index (χ0n) is 15.8.